The van der Waals surface area contributed by atoms with Crippen molar-refractivity contribution in [3.8, 4) is 5.75 Å². The van der Waals surface area contributed by atoms with Crippen molar-refractivity contribution in [2.24, 2.45) is 5.92 Å². The van der Waals surface area contributed by atoms with Crippen LogP contribution in [0.5, 0.6) is 5.75 Å². The molecule has 2 aromatic carbocycles. The minimum atomic E-state index is -0.214. The van der Waals surface area contributed by atoms with Gasteiger partial charge in [0.15, 0.2) is 0 Å². The van der Waals surface area contributed by atoms with E-state index in [0.29, 0.717) is 18.6 Å². The summed E-state index contributed by atoms with van der Waals surface area (Å²) < 4.78 is 21.0. The highest BCUT2D eigenvalue weighted by molar-refractivity contribution is 5.92. The quantitative estimate of drug-likeness (QED) is 0.187. The highest BCUT2D eigenvalue weighted by Crippen LogP contribution is 2.49. The van der Waals surface area contributed by atoms with Crippen molar-refractivity contribution in [1.29, 1.82) is 0 Å². The van der Waals surface area contributed by atoms with Gasteiger partial charge in [-0.1, -0.05) is 26.2 Å². The van der Waals surface area contributed by atoms with Crippen LogP contribution in [-0.4, -0.2) is 101 Å². The van der Waals surface area contributed by atoms with Crippen LogP contribution in [0.15, 0.2) is 61.6 Å². The summed E-state index contributed by atoms with van der Waals surface area (Å²) in [5, 5.41) is 3.13. The highest BCUT2D eigenvalue weighted by Gasteiger charge is 2.39. The first-order valence-electron chi connectivity index (χ1n) is 18.7. The van der Waals surface area contributed by atoms with E-state index in [9.17, 15) is 0 Å². The van der Waals surface area contributed by atoms with E-state index in [1.54, 1.807) is 12.1 Å². The van der Waals surface area contributed by atoms with Gasteiger partial charge >= 0.3 is 0 Å². The Morgan fingerprint density at radius 3 is 2.36 bits per heavy atom. The first kappa shape index (κ1) is 35.9. The fourth-order valence-electron chi connectivity index (χ4n) is 8.46. The Morgan fingerprint density at radius 2 is 1.72 bits per heavy atom. The van der Waals surface area contributed by atoms with Crippen LogP contribution in [0.4, 0.5) is 32.8 Å². The van der Waals surface area contributed by atoms with Crippen LogP contribution in [0.3, 0.4) is 0 Å². The summed E-state index contributed by atoms with van der Waals surface area (Å²) in [5.41, 5.74) is 13.4. The number of benzene rings is 2. The molecule has 0 bridgehead atoms. The summed E-state index contributed by atoms with van der Waals surface area (Å²) in [6.07, 6.45) is 6.89. The lowest BCUT2D eigenvalue weighted by Gasteiger charge is -2.47. The molecular weight excluding hydrogens is 627 g/mol. The fourth-order valence-corrected chi connectivity index (χ4v) is 8.46. The maximum Gasteiger partial charge on any atom is 0.144 e. The van der Waals surface area contributed by atoms with Crippen molar-refractivity contribution in [1.82, 2.24) is 15.1 Å². The van der Waals surface area contributed by atoms with E-state index in [1.165, 1.54) is 24.1 Å². The van der Waals surface area contributed by atoms with Gasteiger partial charge in [0.1, 0.15) is 17.4 Å². The Morgan fingerprint density at radius 1 is 1.02 bits per heavy atom. The normalized spacial score (nSPS) is 19.8. The molecule has 50 heavy (non-hydrogen) atoms. The van der Waals surface area contributed by atoms with Gasteiger partial charge in [0, 0.05) is 102 Å². The molecule has 1 unspecified atom stereocenters. The number of allylic oxidation sites excluding steroid dienone is 1. The SMILES string of the molecule is C=CC(CCC(=C)NC)N1C(=C)N(C)c2c(N3CC(CN4CCN(C5CCN(c6cc(OCC)c(N)cc6CC)CC5)CC4)C3)cc(F)cc21. The first-order chi connectivity index (χ1) is 24.1. The zero-order valence-corrected chi connectivity index (χ0v) is 30.9. The minimum Gasteiger partial charge on any atom is -0.492 e. The number of aryl methyl sites for hydroxylation is 1. The topological polar surface area (TPSA) is 66.7 Å². The van der Waals surface area contributed by atoms with E-state index >= 15 is 4.39 Å². The molecule has 3 N–H and O–H groups in total. The Hall–Kier alpha value is -3.89. The number of anilines is 5. The summed E-state index contributed by atoms with van der Waals surface area (Å²) in [4.78, 5) is 14.5. The first-order valence-corrected chi connectivity index (χ1v) is 18.7. The Bertz CT molecular complexity index is 1540. The van der Waals surface area contributed by atoms with Gasteiger partial charge in [0.2, 0.25) is 0 Å². The number of halogens is 1. The van der Waals surface area contributed by atoms with Gasteiger partial charge in [-0.25, -0.2) is 4.39 Å². The fraction of sp³-hybridized carbons (Fsp3) is 0.550. The molecule has 4 aliphatic heterocycles. The number of nitrogens with zero attached hydrogens (tertiary/aromatic N) is 6. The predicted octanol–water partition coefficient (Wildman–Crippen LogP) is 5.89. The van der Waals surface area contributed by atoms with Crippen molar-refractivity contribution < 1.29 is 9.13 Å². The van der Waals surface area contributed by atoms with Crippen LogP contribution in [-0.2, 0) is 6.42 Å². The second kappa shape index (κ2) is 15.6. The van der Waals surface area contributed by atoms with Gasteiger partial charge in [0.05, 0.1) is 35.4 Å². The number of hydrogen-bond acceptors (Lipinski definition) is 9. The Balaban J connectivity index is 0.999. The van der Waals surface area contributed by atoms with Gasteiger partial charge in [-0.3, -0.25) is 4.90 Å². The number of piperazine rings is 1. The van der Waals surface area contributed by atoms with Crippen LogP contribution in [0.25, 0.3) is 0 Å². The number of nitrogens with one attached hydrogen (secondary N) is 1. The Kier molecular flexibility index (Phi) is 11.2. The lowest BCUT2D eigenvalue weighted by molar-refractivity contribution is 0.0731. The second-order valence-corrected chi connectivity index (χ2v) is 14.5. The van der Waals surface area contributed by atoms with E-state index in [2.05, 4.69) is 73.5 Å². The zero-order valence-electron chi connectivity index (χ0n) is 30.9. The monoisotopic (exact) mass is 686 g/mol. The molecule has 0 aliphatic carbocycles. The number of piperidine rings is 1. The summed E-state index contributed by atoms with van der Waals surface area (Å²) in [6, 6.07) is 8.25. The Labute approximate surface area is 299 Å². The van der Waals surface area contributed by atoms with Crippen molar-refractivity contribution in [2.75, 3.05) is 105 Å². The van der Waals surface area contributed by atoms with Crippen LogP contribution in [0.2, 0.25) is 0 Å². The lowest BCUT2D eigenvalue weighted by Crippen LogP contribution is -2.57. The molecule has 0 spiro atoms. The molecule has 0 saturated carbocycles. The third-order valence-electron chi connectivity index (χ3n) is 11.4. The van der Waals surface area contributed by atoms with Crippen molar-refractivity contribution in [2.45, 2.75) is 58.0 Å². The number of fused-ring (bicyclic) bond motifs is 1. The summed E-state index contributed by atoms with van der Waals surface area (Å²) in [7, 11) is 3.93. The van der Waals surface area contributed by atoms with Gasteiger partial charge in [-0.2, -0.15) is 0 Å². The molecule has 0 amide bonds. The maximum absolute atomic E-state index is 15.2. The predicted molar refractivity (Wildman–Crippen MR) is 208 cm³/mol. The molecular formula is C40H59FN8O. The van der Waals surface area contributed by atoms with E-state index in [0.717, 1.165) is 118 Å². The van der Waals surface area contributed by atoms with Gasteiger partial charge in [-0.05, 0) is 62.8 Å². The van der Waals surface area contributed by atoms with E-state index in [1.807, 2.05) is 27.1 Å². The molecule has 3 saturated heterocycles. The number of nitrogen functional groups attached to an aromatic ring is 1. The summed E-state index contributed by atoms with van der Waals surface area (Å²) in [5.74, 6) is 2.02. The zero-order chi connectivity index (χ0) is 35.5. The standard InChI is InChI=1S/C40H59FN8O/c1-8-31-21-35(42)39(50-10-3)24-36(31)47-15-13-34(14-16-47)46-19-17-45(18-20-46)25-30-26-48(27-30)37-22-32(41)23-38-40(37)44(7)29(5)49(38)33(9-2)12-11-28(4)43-6/h9,21-24,30,33-34,43H,2,4-5,8,10-20,25-27,42H2,1,3,6-7H3. The highest BCUT2D eigenvalue weighted by atomic mass is 19.1. The van der Waals surface area contributed by atoms with E-state index in [4.69, 9.17) is 10.5 Å². The van der Waals surface area contributed by atoms with Crippen molar-refractivity contribution in [3.63, 3.8) is 0 Å². The molecule has 272 valence electrons. The summed E-state index contributed by atoms with van der Waals surface area (Å²) >= 11 is 0. The van der Waals surface area contributed by atoms with Crippen LogP contribution in [0, 0.1) is 11.7 Å². The van der Waals surface area contributed by atoms with Gasteiger partial charge in [-0.15, -0.1) is 6.58 Å². The van der Waals surface area contributed by atoms with E-state index in [-0.39, 0.29) is 11.9 Å². The molecule has 0 radical (unpaired) electrons. The molecule has 6 rings (SSSR count). The average Bonchev–Trinajstić information content (AvgIpc) is 3.35. The van der Waals surface area contributed by atoms with Crippen LogP contribution < -0.4 is 35.4 Å². The van der Waals surface area contributed by atoms with Crippen molar-refractivity contribution in [3.05, 3.63) is 73.0 Å². The van der Waals surface area contributed by atoms with Crippen LogP contribution in [0.1, 0.15) is 45.1 Å². The van der Waals surface area contributed by atoms with Gasteiger partial charge in [0.25, 0.3) is 0 Å². The van der Waals surface area contributed by atoms with E-state index < -0.39 is 0 Å². The molecule has 2 aromatic rings. The maximum atomic E-state index is 15.2. The van der Waals surface area contributed by atoms with Crippen molar-refractivity contribution >= 4 is 28.4 Å². The van der Waals surface area contributed by atoms with Gasteiger partial charge < -0.3 is 40.3 Å². The summed E-state index contributed by atoms with van der Waals surface area (Å²) in [6.45, 7) is 27.0. The lowest BCUT2D eigenvalue weighted by atomic mass is 9.96. The second-order valence-electron chi connectivity index (χ2n) is 14.5. The molecule has 4 aliphatic rings. The molecule has 0 aromatic heterocycles. The number of ether oxygens (including phenoxy) is 1. The largest absolute Gasteiger partial charge is 0.492 e. The number of nitrogens with two attached hydrogens (primary N) is 1. The molecule has 10 heteroatoms. The molecule has 4 heterocycles. The van der Waals surface area contributed by atoms with Crippen LogP contribution >= 0.6 is 0 Å². The number of hydrogen-bond donors (Lipinski definition) is 2. The molecule has 9 nitrogen and oxygen atoms in total. The third kappa shape index (κ3) is 7.28. The average molecular weight is 687 g/mol. The molecule has 3 fully saturated rings. The number of rotatable bonds is 14. The third-order valence-corrected chi connectivity index (χ3v) is 11.4. The minimum absolute atomic E-state index is 0.00666. The smallest absolute Gasteiger partial charge is 0.144 e. The molecule has 1 atom stereocenters.